The van der Waals surface area contributed by atoms with Crippen LogP contribution in [0.1, 0.15) is 43.6 Å². The van der Waals surface area contributed by atoms with Crippen molar-refractivity contribution in [3.8, 4) is 0 Å². The summed E-state index contributed by atoms with van der Waals surface area (Å²) in [5, 5.41) is 9.85. The van der Waals surface area contributed by atoms with Gasteiger partial charge in [0, 0.05) is 10.6 Å². The lowest BCUT2D eigenvalue weighted by Gasteiger charge is -2.13. The number of hydrogen-bond donors (Lipinski definition) is 1. The van der Waals surface area contributed by atoms with E-state index in [1.165, 1.54) is 34.6 Å². The van der Waals surface area contributed by atoms with E-state index in [9.17, 15) is 5.11 Å². The molecule has 2 aliphatic rings. The first-order valence-corrected chi connectivity index (χ1v) is 7.91. The van der Waals surface area contributed by atoms with Gasteiger partial charge in [0.1, 0.15) is 0 Å². The Morgan fingerprint density at radius 2 is 2.11 bits per heavy atom. The third-order valence-electron chi connectivity index (χ3n) is 3.98. The molecule has 0 spiro atoms. The van der Waals surface area contributed by atoms with Gasteiger partial charge in [-0.2, -0.15) is 0 Å². The fraction of sp³-hybridized carbons (Fsp3) is 0.500. The van der Waals surface area contributed by atoms with Crippen LogP contribution in [-0.4, -0.2) is 17.0 Å². The van der Waals surface area contributed by atoms with Gasteiger partial charge in [0.25, 0.3) is 0 Å². The first kappa shape index (κ1) is 12.3. The van der Waals surface area contributed by atoms with Crippen molar-refractivity contribution in [2.45, 2.75) is 49.0 Å². The molecule has 1 aliphatic heterocycles. The lowest BCUT2D eigenvalue weighted by Crippen LogP contribution is -2.03. The van der Waals surface area contributed by atoms with Gasteiger partial charge in [0.15, 0.2) is 0 Å². The summed E-state index contributed by atoms with van der Waals surface area (Å²) in [5.41, 5.74) is 2.99. The summed E-state index contributed by atoms with van der Waals surface area (Å²) in [7, 11) is 0. The summed E-state index contributed by atoms with van der Waals surface area (Å²) < 4.78 is 0. The number of benzene rings is 1. The van der Waals surface area contributed by atoms with Gasteiger partial charge in [-0.1, -0.05) is 36.3 Å². The molecule has 0 bridgehead atoms. The normalized spacial score (nSPS) is 27.5. The number of thioether (sulfide) groups is 1. The molecule has 0 amide bonds. The van der Waals surface area contributed by atoms with E-state index in [0.717, 1.165) is 19.3 Å². The van der Waals surface area contributed by atoms with E-state index < -0.39 is 0 Å². The van der Waals surface area contributed by atoms with Gasteiger partial charge >= 0.3 is 0 Å². The zero-order valence-electron chi connectivity index (χ0n) is 10.6. The van der Waals surface area contributed by atoms with E-state index in [-0.39, 0.29) is 6.10 Å². The Labute approximate surface area is 113 Å². The van der Waals surface area contributed by atoms with Crippen LogP contribution in [0.2, 0.25) is 0 Å². The van der Waals surface area contributed by atoms with Crippen molar-refractivity contribution >= 4 is 11.8 Å². The van der Waals surface area contributed by atoms with E-state index >= 15 is 0 Å². The molecule has 0 fully saturated rings. The maximum Gasteiger partial charge on any atom is 0.0723 e. The van der Waals surface area contributed by atoms with Gasteiger partial charge < -0.3 is 5.11 Å². The SMILES string of the molecule is OC1C=C(CC2CSc3ccccc32)CCCC1. The summed E-state index contributed by atoms with van der Waals surface area (Å²) >= 11 is 1.98. The average molecular weight is 260 g/mol. The molecule has 0 radical (unpaired) electrons. The molecule has 1 N–H and O–H groups in total. The first-order valence-electron chi connectivity index (χ1n) is 6.92. The number of fused-ring (bicyclic) bond motifs is 1. The largest absolute Gasteiger partial charge is 0.389 e. The van der Waals surface area contributed by atoms with Gasteiger partial charge in [-0.3, -0.25) is 0 Å². The highest BCUT2D eigenvalue weighted by atomic mass is 32.2. The molecule has 1 heterocycles. The van der Waals surface area contributed by atoms with Gasteiger partial charge in [-0.25, -0.2) is 0 Å². The molecule has 0 saturated heterocycles. The molecule has 2 atom stereocenters. The first-order chi connectivity index (χ1) is 8.83. The monoisotopic (exact) mass is 260 g/mol. The summed E-state index contributed by atoms with van der Waals surface area (Å²) in [5.74, 6) is 1.86. The van der Waals surface area contributed by atoms with Crippen LogP contribution in [0.4, 0.5) is 0 Å². The number of allylic oxidation sites excluding steroid dienone is 1. The molecule has 1 aromatic rings. The summed E-state index contributed by atoms with van der Waals surface area (Å²) in [6.45, 7) is 0. The standard InChI is InChI=1S/C16H20OS/c17-14-6-2-1-5-12(10-14)9-13-11-18-16-8-4-3-7-15(13)16/h3-4,7-8,10,13-14,17H,1-2,5-6,9,11H2. The lowest BCUT2D eigenvalue weighted by atomic mass is 9.92. The van der Waals surface area contributed by atoms with Crippen LogP contribution in [0, 0.1) is 0 Å². The molecule has 3 rings (SSSR count). The Bertz CT molecular complexity index is 452. The van der Waals surface area contributed by atoms with Crippen LogP contribution < -0.4 is 0 Å². The Balaban J connectivity index is 1.74. The molecule has 0 aromatic heterocycles. The second-order valence-electron chi connectivity index (χ2n) is 5.39. The van der Waals surface area contributed by atoms with Gasteiger partial charge in [-0.15, -0.1) is 11.8 Å². The maximum absolute atomic E-state index is 9.85. The molecule has 1 nitrogen and oxygen atoms in total. The molecule has 1 aromatic carbocycles. The highest BCUT2D eigenvalue weighted by Crippen LogP contribution is 2.43. The molecule has 18 heavy (non-hydrogen) atoms. The summed E-state index contributed by atoms with van der Waals surface area (Å²) in [6, 6.07) is 8.78. The summed E-state index contributed by atoms with van der Waals surface area (Å²) in [4.78, 5) is 1.46. The average Bonchev–Trinajstić information content (AvgIpc) is 2.66. The third-order valence-corrected chi connectivity index (χ3v) is 5.24. The van der Waals surface area contributed by atoms with E-state index in [1.54, 1.807) is 0 Å². The zero-order chi connectivity index (χ0) is 12.4. The minimum absolute atomic E-state index is 0.202. The van der Waals surface area contributed by atoms with Crippen molar-refractivity contribution in [2.24, 2.45) is 0 Å². The van der Waals surface area contributed by atoms with Crippen LogP contribution in [0.15, 0.2) is 40.8 Å². The molecule has 2 unspecified atom stereocenters. The molecule has 96 valence electrons. The van der Waals surface area contributed by atoms with Crippen LogP contribution in [-0.2, 0) is 0 Å². The molecule has 0 saturated carbocycles. The number of aliphatic hydroxyl groups is 1. The second kappa shape index (κ2) is 5.50. The van der Waals surface area contributed by atoms with Crippen molar-refractivity contribution in [3.05, 3.63) is 41.5 Å². The smallest absolute Gasteiger partial charge is 0.0723 e. The lowest BCUT2D eigenvalue weighted by molar-refractivity contribution is 0.211. The molecule has 2 heteroatoms. The Kier molecular flexibility index (Phi) is 3.76. The van der Waals surface area contributed by atoms with Crippen LogP contribution in [0.3, 0.4) is 0 Å². The Morgan fingerprint density at radius 1 is 1.22 bits per heavy atom. The number of rotatable bonds is 2. The van der Waals surface area contributed by atoms with Crippen LogP contribution in [0.25, 0.3) is 0 Å². The number of aliphatic hydroxyl groups excluding tert-OH is 1. The van der Waals surface area contributed by atoms with Crippen LogP contribution >= 0.6 is 11.8 Å². The fourth-order valence-corrected chi connectivity index (χ4v) is 4.28. The van der Waals surface area contributed by atoms with Gasteiger partial charge in [0.2, 0.25) is 0 Å². The minimum atomic E-state index is -0.202. The molecular formula is C16H20OS. The van der Waals surface area contributed by atoms with Crippen molar-refractivity contribution in [2.75, 3.05) is 5.75 Å². The second-order valence-corrected chi connectivity index (χ2v) is 6.45. The van der Waals surface area contributed by atoms with Crippen molar-refractivity contribution in [1.82, 2.24) is 0 Å². The van der Waals surface area contributed by atoms with Crippen molar-refractivity contribution in [3.63, 3.8) is 0 Å². The molecular weight excluding hydrogens is 240 g/mol. The van der Waals surface area contributed by atoms with E-state index in [0.29, 0.717) is 5.92 Å². The Morgan fingerprint density at radius 3 is 3.06 bits per heavy atom. The maximum atomic E-state index is 9.85. The topological polar surface area (TPSA) is 20.2 Å². The fourth-order valence-electron chi connectivity index (χ4n) is 3.03. The van der Waals surface area contributed by atoms with Gasteiger partial charge in [-0.05, 0) is 43.2 Å². The predicted octanol–water partition coefficient (Wildman–Crippen LogP) is 4.13. The van der Waals surface area contributed by atoms with Crippen LogP contribution in [0.5, 0.6) is 0 Å². The van der Waals surface area contributed by atoms with E-state index in [1.807, 2.05) is 11.8 Å². The van der Waals surface area contributed by atoms with Crippen molar-refractivity contribution < 1.29 is 5.11 Å². The van der Waals surface area contributed by atoms with Crippen molar-refractivity contribution in [1.29, 1.82) is 0 Å². The van der Waals surface area contributed by atoms with Gasteiger partial charge in [0.05, 0.1) is 6.10 Å². The quantitative estimate of drug-likeness (QED) is 0.807. The number of hydrogen-bond acceptors (Lipinski definition) is 2. The zero-order valence-corrected chi connectivity index (χ0v) is 11.5. The molecule has 1 aliphatic carbocycles. The highest BCUT2D eigenvalue weighted by molar-refractivity contribution is 7.99. The third kappa shape index (κ3) is 2.65. The highest BCUT2D eigenvalue weighted by Gasteiger charge is 2.24. The summed E-state index contributed by atoms with van der Waals surface area (Å²) in [6.07, 6.45) is 7.59. The minimum Gasteiger partial charge on any atom is -0.389 e. The van der Waals surface area contributed by atoms with E-state index in [4.69, 9.17) is 0 Å². The Hall–Kier alpha value is -0.730. The predicted molar refractivity (Wildman–Crippen MR) is 77.1 cm³/mol. The van der Waals surface area contributed by atoms with E-state index in [2.05, 4.69) is 30.3 Å².